The Morgan fingerprint density at radius 3 is 1.00 bits per heavy atom. The molecule has 304 valence electrons. The van der Waals surface area contributed by atoms with Crippen LogP contribution in [-0.4, -0.2) is 58.8 Å². The molecule has 0 aliphatic carbocycles. The molecule has 2 aromatic carbocycles. The molecule has 2 aromatic heterocycles. The van der Waals surface area contributed by atoms with Gasteiger partial charge >= 0.3 is 36.6 Å². The highest BCUT2D eigenvalue weighted by Gasteiger charge is 2.39. The smallest absolute Gasteiger partial charge is 0.490 e. The molecular weight excluding hydrogens is 784 g/mol. The van der Waals surface area contributed by atoms with Crippen molar-refractivity contribution < 1.29 is 101 Å². The molecule has 55 heavy (non-hydrogen) atoms. The number of pyridine rings is 2. The number of nitrogen functional groups attached to an aromatic ring is 2. The van der Waals surface area contributed by atoms with E-state index in [1.807, 2.05) is 24.3 Å². The van der Waals surface area contributed by atoms with Crippen LogP contribution in [0.1, 0.15) is 19.3 Å². The maximum absolute atomic E-state index is 10.6. The lowest BCUT2D eigenvalue weighted by molar-refractivity contribution is -0.675. The van der Waals surface area contributed by atoms with Crippen LogP contribution in [0.25, 0.3) is 21.8 Å². The number of anilines is 2. The summed E-state index contributed by atoms with van der Waals surface area (Å²) in [5.74, 6) is -11.5. The van der Waals surface area contributed by atoms with Gasteiger partial charge in [-0.05, 0) is 18.6 Å². The Balaban J connectivity index is 0.000000849. The fourth-order valence-corrected chi connectivity index (χ4v) is 3.75. The number of para-hydroxylation sites is 2. The van der Waals surface area contributed by atoms with E-state index in [0.29, 0.717) is 0 Å². The SMILES string of the molecule is Nc1cc[n+](CCCCC[n+]2ccc(N)c3ccccc32)c2ccccc12.O=C(O)C(F)(F)F.O=C(O)C(F)(F)F.O=C([O-])C(F)(F)F.O=C([O-])C(F)(F)F. The molecule has 24 heteroatoms. The van der Waals surface area contributed by atoms with E-state index in [9.17, 15) is 52.7 Å². The lowest BCUT2D eigenvalue weighted by atomic mass is 10.1. The predicted molar refractivity (Wildman–Crippen MR) is 160 cm³/mol. The highest BCUT2D eigenvalue weighted by atomic mass is 19.4. The molecule has 0 bridgehead atoms. The Bertz CT molecular complexity index is 1720. The number of carboxylic acid groups (broad SMARTS) is 4. The van der Waals surface area contributed by atoms with Crippen LogP contribution in [0.3, 0.4) is 0 Å². The van der Waals surface area contributed by atoms with E-state index in [-0.39, 0.29) is 0 Å². The van der Waals surface area contributed by atoms with Gasteiger partial charge in [0.15, 0.2) is 12.4 Å². The molecule has 2 heterocycles. The van der Waals surface area contributed by atoms with Gasteiger partial charge in [-0.1, -0.05) is 24.3 Å². The highest BCUT2D eigenvalue weighted by Crippen LogP contribution is 2.19. The third kappa shape index (κ3) is 18.5. The maximum Gasteiger partial charge on any atom is 0.490 e. The molecule has 0 aliphatic rings. The first-order chi connectivity index (χ1) is 25.0. The van der Waals surface area contributed by atoms with Crippen molar-refractivity contribution in [2.24, 2.45) is 0 Å². The van der Waals surface area contributed by atoms with Crippen molar-refractivity contribution in [3.8, 4) is 0 Å². The van der Waals surface area contributed by atoms with Gasteiger partial charge in [0.2, 0.25) is 11.0 Å². The first-order valence-electron chi connectivity index (χ1n) is 14.5. The molecule has 0 saturated heterocycles. The summed E-state index contributed by atoms with van der Waals surface area (Å²) in [6, 6.07) is 20.7. The zero-order valence-electron chi connectivity index (χ0n) is 27.4. The summed E-state index contributed by atoms with van der Waals surface area (Å²) in [5, 5.41) is 34.1. The van der Waals surface area contributed by atoms with Crippen LogP contribution in [0.4, 0.5) is 64.1 Å². The van der Waals surface area contributed by atoms with Crippen molar-refractivity contribution in [3.63, 3.8) is 0 Å². The fraction of sp³-hybridized carbons (Fsp3) is 0.290. The number of aryl methyl sites for hydroxylation is 2. The van der Waals surface area contributed by atoms with Crippen molar-refractivity contribution in [1.82, 2.24) is 0 Å². The Morgan fingerprint density at radius 2 is 0.764 bits per heavy atom. The van der Waals surface area contributed by atoms with Crippen molar-refractivity contribution >= 4 is 57.1 Å². The van der Waals surface area contributed by atoms with Crippen molar-refractivity contribution in [3.05, 3.63) is 73.1 Å². The summed E-state index contributed by atoms with van der Waals surface area (Å²) < 4.78 is 131. The number of rotatable bonds is 6. The zero-order valence-corrected chi connectivity index (χ0v) is 27.4. The van der Waals surface area contributed by atoms with Crippen LogP contribution in [0.2, 0.25) is 0 Å². The lowest BCUT2D eigenvalue weighted by Crippen LogP contribution is -2.37. The second-order valence-electron chi connectivity index (χ2n) is 10.2. The summed E-state index contributed by atoms with van der Waals surface area (Å²) in [5.41, 5.74) is 16.3. The number of carbonyl (C=O) groups is 4. The average molecular weight is 813 g/mol. The van der Waals surface area contributed by atoms with Gasteiger partial charge in [0.05, 0.1) is 22.1 Å². The van der Waals surface area contributed by atoms with E-state index in [4.69, 9.17) is 51.1 Å². The second kappa shape index (κ2) is 21.0. The summed E-state index contributed by atoms with van der Waals surface area (Å²) in [4.78, 5) is 35.4. The first-order valence-corrected chi connectivity index (χ1v) is 14.5. The normalized spacial score (nSPS) is 11.3. The predicted octanol–water partition coefficient (Wildman–Crippen LogP) is 3.47. The van der Waals surface area contributed by atoms with Gasteiger partial charge in [-0.25, -0.2) is 9.59 Å². The minimum absolute atomic E-state index is 0.841. The minimum Gasteiger partial charge on any atom is -0.542 e. The topological polar surface area (TPSA) is 215 Å². The summed E-state index contributed by atoms with van der Waals surface area (Å²) >= 11 is 0. The lowest BCUT2D eigenvalue weighted by Gasteiger charge is -2.05. The van der Waals surface area contributed by atoms with E-state index >= 15 is 0 Å². The first kappa shape index (κ1) is 48.9. The average Bonchev–Trinajstić information content (AvgIpc) is 3.06. The monoisotopic (exact) mass is 812 g/mol. The molecule has 0 amide bonds. The van der Waals surface area contributed by atoms with Gasteiger partial charge in [-0.15, -0.1) is 0 Å². The van der Waals surface area contributed by atoms with Gasteiger partial charge in [-0.3, -0.25) is 0 Å². The number of alkyl halides is 12. The molecule has 4 rings (SSSR count). The molecule has 0 atom stereocenters. The van der Waals surface area contributed by atoms with Crippen LogP contribution in [-0.2, 0) is 32.3 Å². The third-order valence-electron chi connectivity index (χ3n) is 6.16. The number of nitrogens with zero attached hydrogens (tertiary/aromatic N) is 2. The zero-order chi connectivity index (χ0) is 42.9. The number of hydrogen-bond donors (Lipinski definition) is 4. The third-order valence-corrected chi connectivity index (χ3v) is 6.16. The molecule has 0 radical (unpaired) electrons. The Kier molecular flexibility index (Phi) is 18.6. The number of carboxylic acids is 4. The van der Waals surface area contributed by atoms with E-state index in [2.05, 4.69) is 57.9 Å². The molecular formula is C31H28F12N4O8. The molecule has 0 saturated carbocycles. The van der Waals surface area contributed by atoms with Gasteiger partial charge in [-0.2, -0.15) is 61.8 Å². The molecule has 0 fully saturated rings. The maximum atomic E-state index is 10.6. The number of carbonyl (C=O) groups excluding carboxylic acids is 2. The summed E-state index contributed by atoms with van der Waals surface area (Å²) in [6.45, 7) is 2.02. The van der Waals surface area contributed by atoms with Crippen molar-refractivity contribution in [1.29, 1.82) is 0 Å². The van der Waals surface area contributed by atoms with E-state index < -0.39 is 48.6 Å². The van der Waals surface area contributed by atoms with Crippen LogP contribution in [0, 0.1) is 0 Å². The largest absolute Gasteiger partial charge is 0.542 e. The molecule has 4 aromatic rings. The van der Waals surface area contributed by atoms with Crippen LogP contribution >= 0.6 is 0 Å². The van der Waals surface area contributed by atoms with Crippen molar-refractivity contribution in [2.75, 3.05) is 11.5 Å². The van der Waals surface area contributed by atoms with Gasteiger partial charge in [0.1, 0.15) is 25.0 Å². The second-order valence-corrected chi connectivity index (χ2v) is 10.2. The van der Waals surface area contributed by atoms with Gasteiger partial charge < -0.3 is 41.5 Å². The van der Waals surface area contributed by atoms with Gasteiger partial charge in [0, 0.05) is 37.1 Å². The Morgan fingerprint density at radius 1 is 0.509 bits per heavy atom. The van der Waals surface area contributed by atoms with Crippen LogP contribution in [0.15, 0.2) is 73.1 Å². The van der Waals surface area contributed by atoms with E-state index in [1.165, 1.54) is 17.5 Å². The summed E-state index contributed by atoms with van der Waals surface area (Å²) in [6.07, 6.45) is -12.9. The molecule has 0 unspecified atom stereocenters. The van der Waals surface area contributed by atoms with Crippen LogP contribution < -0.4 is 30.8 Å². The van der Waals surface area contributed by atoms with Crippen LogP contribution in [0.5, 0.6) is 0 Å². The number of benzene rings is 2. The molecule has 0 aliphatic heterocycles. The fourth-order valence-electron chi connectivity index (χ4n) is 3.75. The van der Waals surface area contributed by atoms with E-state index in [0.717, 1.165) is 48.1 Å². The number of aromatic nitrogens is 2. The standard InChI is InChI=1S/C23H24N4.4C2HF3O2/c24-20-12-16-26(22-10-4-2-8-18(20)22)14-6-1-7-15-27-17-13-21(25)19-9-3-5-11-23(19)27;4*3-2(4,5)1(6)7/h2-5,8-13,16-17,24-25H,1,6-7,14-15H2;4*(H,6,7). The Labute approximate surface area is 300 Å². The highest BCUT2D eigenvalue weighted by molar-refractivity contribution is 5.88. The number of nitrogens with two attached hydrogens (primary N) is 2. The summed E-state index contributed by atoms with van der Waals surface area (Å²) in [7, 11) is 0. The van der Waals surface area contributed by atoms with E-state index in [1.54, 1.807) is 0 Å². The minimum atomic E-state index is -5.19. The van der Waals surface area contributed by atoms with Gasteiger partial charge in [0.25, 0.3) is 0 Å². The number of hydrogen-bond acceptors (Lipinski definition) is 8. The Hall–Kier alpha value is -6.10. The quantitative estimate of drug-likeness (QED) is 0.126. The molecule has 12 nitrogen and oxygen atoms in total. The number of unbranched alkanes of at least 4 members (excludes halogenated alkanes) is 2. The number of halogens is 12. The molecule has 6 N–H and O–H groups in total. The molecule has 0 spiro atoms. The number of aliphatic carboxylic acids is 4. The number of fused-ring (bicyclic) bond motifs is 2. The van der Waals surface area contributed by atoms with Crippen molar-refractivity contribution in [2.45, 2.75) is 57.1 Å².